The molecule has 0 fully saturated rings. The molecule has 0 aliphatic carbocycles. The number of methoxy groups -OCH3 is 2. The summed E-state index contributed by atoms with van der Waals surface area (Å²) in [5.41, 5.74) is 0.833. The van der Waals surface area contributed by atoms with Gasteiger partial charge >= 0.3 is 5.97 Å². The fourth-order valence-corrected chi connectivity index (χ4v) is 2.43. The molecule has 112 valence electrons. The molecular formula is C12H17NO6S. The van der Waals surface area contributed by atoms with E-state index in [4.69, 9.17) is 14.6 Å². The molecule has 7 nitrogen and oxygen atoms in total. The van der Waals surface area contributed by atoms with Crippen molar-refractivity contribution in [2.45, 2.75) is 19.1 Å². The van der Waals surface area contributed by atoms with E-state index in [0.717, 1.165) is 6.92 Å². The van der Waals surface area contributed by atoms with Gasteiger partial charge in [-0.15, -0.1) is 0 Å². The predicted molar refractivity (Wildman–Crippen MR) is 73.9 cm³/mol. The zero-order valence-electron chi connectivity index (χ0n) is 11.6. The summed E-state index contributed by atoms with van der Waals surface area (Å²) in [5.74, 6) is -0.617. The second kappa shape index (κ2) is 6.00. The number of carbonyl (C=O) groups is 1. The summed E-state index contributed by atoms with van der Waals surface area (Å²) in [6.45, 7) is 2.77. The highest BCUT2D eigenvalue weighted by Gasteiger charge is 2.28. The van der Waals surface area contributed by atoms with Crippen molar-refractivity contribution in [2.24, 2.45) is 0 Å². The van der Waals surface area contributed by atoms with Crippen molar-refractivity contribution in [1.82, 2.24) is 0 Å². The van der Waals surface area contributed by atoms with Crippen LogP contribution in [0.4, 0.5) is 5.69 Å². The number of aryl methyl sites for hydroxylation is 1. The van der Waals surface area contributed by atoms with Crippen molar-refractivity contribution < 1.29 is 27.8 Å². The van der Waals surface area contributed by atoms with Crippen molar-refractivity contribution in [3.63, 3.8) is 0 Å². The van der Waals surface area contributed by atoms with Crippen LogP contribution in [0, 0.1) is 6.92 Å². The van der Waals surface area contributed by atoms with Gasteiger partial charge < -0.3 is 14.6 Å². The van der Waals surface area contributed by atoms with Gasteiger partial charge in [0.25, 0.3) is 0 Å². The van der Waals surface area contributed by atoms with Crippen LogP contribution in [0.25, 0.3) is 0 Å². The molecule has 0 saturated carbocycles. The van der Waals surface area contributed by atoms with E-state index in [1.807, 2.05) is 0 Å². The number of carboxylic acid groups (broad SMARTS) is 1. The lowest BCUT2D eigenvalue weighted by Crippen LogP contribution is -2.32. The Morgan fingerprint density at radius 2 is 1.75 bits per heavy atom. The molecule has 0 bridgehead atoms. The highest BCUT2D eigenvalue weighted by molar-refractivity contribution is 7.94. The Kier molecular flexibility index (Phi) is 4.83. The third-order valence-electron chi connectivity index (χ3n) is 2.80. The number of rotatable bonds is 6. The number of nitrogens with one attached hydrogen (secondary N) is 1. The summed E-state index contributed by atoms with van der Waals surface area (Å²) in [6.07, 6.45) is 0. The molecular weight excluding hydrogens is 286 g/mol. The minimum Gasteiger partial charge on any atom is -0.493 e. The molecule has 8 heteroatoms. The van der Waals surface area contributed by atoms with Crippen LogP contribution in [0.1, 0.15) is 12.5 Å². The summed E-state index contributed by atoms with van der Waals surface area (Å²) in [5, 5.41) is 7.22. The van der Waals surface area contributed by atoms with Gasteiger partial charge in [0.15, 0.2) is 16.7 Å². The zero-order chi connectivity index (χ0) is 15.5. The fraction of sp³-hybridized carbons (Fsp3) is 0.417. The van der Waals surface area contributed by atoms with Gasteiger partial charge in [-0.05, 0) is 25.5 Å². The quantitative estimate of drug-likeness (QED) is 0.819. The maximum atomic E-state index is 11.9. The monoisotopic (exact) mass is 303 g/mol. The Balaban J connectivity index is 3.19. The molecule has 1 aromatic carbocycles. The minimum atomic E-state index is -4.03. The Morgan fingerprint density at radius 1 is 1.25 bits per heavy atom. The van der Waals surface area contributed by atoms with Crippen molar-refractivity contribution in [2.75, 3.05) is 18.9 Å². The van der Waals surface area contributed by atoms with Crippen LogP contribution >= 0.6 is 0 Å². The number of anilines is 1. The van der Waals surface area contributed by atoms with E-state index < -0.39 is 21.2 Å². The average Bonchev–Trinajstić information content (AvgIpc) is 2.39. The normalized spacial score (nSPS) is 12.6. The highest BCUT2D eigenvalue weighted by atomic mass is 32.2. The van der Waals surface area contributed by atoms with Crippen LogP contribution < -0.4 is 14.2 Å². The highest BCUT2D eigenvalue weighted by Crippen LogP contribution is 2.33. The molecule has 0 aliphatic rings. The van der Waals surface area contributed by atoms with E-state index in [1.54, 1.807) is 13.0 Å². The first kappa shape index (κ1) is 16.1. The van der Waals surface area contributed by atoms with Gasteiger partial charge in [-0.25, -0.2) is 8.42 Å². The van der Waals surface area contributed by atoms with Gasteiger partial charge in [0.1, 0.15) is 0 Å². The summed E-state index contributed by atoms with van der Waals surface area (Å²) >= 11 is 0. The SMILES string of the molecule is COc1cc(C)c(NS(=O)(=O)C(C)C(=O)O)cc1OC. The molecule has 1 aromatic rings. The standard InChI is InChI=1S/C12H17NO6S/c1-7-5-10(18-3)11(19-4)6-9(7)13-20(16,17)8(2)12(14)15/h5-6,8,13H,1-4H3,(H,14,15). The lowest BCUT2D eigenvalue weighted by atomic mass is 10.2. The van der Waals surface area contributed by atoms with E-state index in [-0.39, 0.29) is 5.69 Å². The van der Waals surface area contributed by atoms with E-state index in [0.29, 0.717) is 17.1 Å². The Labute approximate surface area is 117 Å². The van der Waals surface area contributed by atoms with Crippen molar-refractivity contribution in [1.29, 1.82) is 0 Å². The zero-order valence-corrected chi connectivity index (χ0v) is 12.4. The number of ether oxygens (including phenoxy) is 2. The van der Waals surface area contributed by atoms with E-state index in [2.05, 4.69) is 4.72 Å². The Bertz CT molecular complexity index is 611. The van der Waals surface area contributed by atoms with Crippen LogP contribution in [-0.4, -0.2) is 39.0 Å². The van der Waals surface area contributed by atoms with Crippen LogP contribution in [0.5, 0.6) is 11.5 Å². The molecule has 0 radical (unpaired) electrons. The lowest BCUT2D eigenvalue weighted by Gasteiger charge is -2.16. The third-order valence-corrected chi connectivity index (χ3v) is 4.43. The van der Waals surface area contributed by atoms with Crippen molar-refractivity contribution in [3.05, 3.63) is 17.7 Å². The first-order chi connectivity index (χ1) is 9.22. The summed E-state index contributed by atoms with van der Waals surface area (Å²) in [4.78, 5) is 10.8. The van der Waals surface area contributed by atoms with E-state index >= 15 is 0 Å². The third kappa shape index (κ3) is 3.32. The van der Waals surface area contributed by atoms with Crippen molar-refractivity contribution in [3.8, 4) is 11.5 Å². The molecule has 20 heavy (non-hydrogen) atoms. The van der Waals surface area contributed by atoms with Crippen LogP contribution in [0.3, 0.4) is 0 Å². The molecule has 1 unspecified atom stereocenters. The molecule has 1 atom stereocenters. The smallest absolute Gasteiger partial charge is 0.323 e. The number of hydrogen-bond acceptors (Lipinski definition) is 5. The number of aliphatic carboxylic acids is 1. The van der Waals surface area contributed by atoms with Crippen LogP contribution in [0.15, 0.2) is 12.1 Å². The topological polar surface area (TPSA) is 102 Å². The molecule has 2 N–H and O–H groups in total. The fourth-order valence-electron chi connectivity index (χ4n) is 1.46. The second-order valence-corrected chi connectivity index (χ2v) is 6.15. The Hall–Kier alpha value is -1.96. The number of hydrogen-bond donors (Lipinski definition) is 2. The van der Waals surface area contributed by atoms with Gasteiger partial charge in [0, 0.05) is 6.07 Å². The molecule has 0 aliphatic heterocycles. The number of benzene rings is 1. The molecule has 0 heterocycles. The first-order valence-corrected chi connectivity index (χ1v) is 7.24. The Morgan fingerprint density at radius 3 is 2.20 bits per heavy atom. The van der Waals surface area contributed by atoms with Gasteiger partial charge in [0.2, 0.25) is 10.0 Å². The molecule has 0 saturated heterocycles. The maximum Gasteiger partial charge on any atom is 0.323 e. The van der Waals surface area contributed by atoms with Gasteiger partial charge in [-0.2, -0.15) is 0 Å². The first-order valence-electron chi connectivity index (χ1n) is 5.70. The van der Waals surface area contributed by atoms with Crippen molar-refractivity contribution >= 4 is 21.7 Å². The number of carboxylic acids is 1. The maximum absolute atomic E-state index is 11.9. The van der Waals surface area contributed by atoms with Crippen LogP contribution in [-0.2, 0) is 14.8 Å². The molecule has 0 aromatic heterocycles. The van der Waals surface area contributed by atoms with E-state index in [1.165, 1.54) is 20.3 Å². The molecule has 1 rings (SSSR count). The average molecular weight is 303 g/mol. The van der Waals surface area contributed by atoms with Gasteiger partial charge in [-0.1, -0.05) is 0 Å². The summed E-state index contributed by atoms with van der Waals surface area (Å²) in [7, 11) is -1.14. The largest absolute Gasteiger partial charge is 0.493 e. The minimum absolute atomic E-state index is 0.246. The van der Waals surface area contributed by atoms with E-state index in [9.17, 15) is 13.2 Å². The lowest BCUT2D eigenvalue weighted by molar-refractivity contribution is -0.136. The summed E-state index contributed by atoms with van der Waals surface area (Å²) < 4.78 is 36.2. The van der Waals surface area contributed by atoms with Gasteiger partial charge in [0.05, 0.1) is 19.9 Å². The van der Waals surface area contributed by atoms with Gasteiger partial charge in [-0.3, -0.25) is 9.52 Å². The molecule has 0 amide bonds. The predicted octanol–water partition coefficient (Wildman–Crippen LogP) is 1.23. The molecule has 0 spiro atoms. The second-order valence-electron chi connectivity index (χ2n) is 4.15. The number of sulfonamides is 1. The summed E-state index contributed by atoms with van der Waals surface area (Å²) in [6, 6.07) is 3.04. The van der Waals surface area contributed by atoms with Crippen LogP contribution in [0.2, 0.25) is 0 Å².